The summed E-state index contributed by atoms with van der Waals surface area (Å²) in [7, 11) is 1.62. The summed E-state index contributed by atoms with van der Waals surface area (Å²) in [4.78, 5) is 6.99. The second-order valence-corrected chi connectivity index (χ2v) is 3.61. The van der Waals surface area contributed by atoms with Crippen molar-refractivity contribution in [3.8, 4) is 16.9 Å². The molecule has 0 spiro atoms. The molecule has 1 N–H and O–H groups in total. The maximum absolute atomic E-state index is 5.20. The van der Waals surface area contributed by atoms with E-state index in [0.717, 1.165) is 11.1 Å². The molecule has 0 bridgehead atoms. The van der Waals surface area contributed by atoms with Crippen molar-refractivity contribution in [3.05, 3.63) is 35.9 Å². The maximum Gasteiger partial charge on any atom is 0.136 e. The van der Waals surface area contributed by atoms with E-state index in [0.29, 0.717) is 5.75 Å². The third kappa shape index (κ3) is 3.87. The molecular formula is C12H14N2OS. The highest BCUT2D eigenvalue weighted by molar-refractivity contribution is 8.03. The molecule has 0 saturated heterocycles. The minimum Gasteiger partial charge on any atom is -0.495 e. The molecule has 3 nitrogen and oxygen atoms in total. The lowest BCUT2D eigenvalue weighted by Gasteiger charge is -1.96. The zero-order chi connectivity index (χ0) is 11.8. The highest BCUT2D eigenvalue weighted by Gasteiger charge is 1.93. The topological polar surface area (TPSA) is 37.9 Å². The first-order valence-electron chi connectivity index (χ1n) is 4.72. The molecule has 1 aromatic rings. The molecule has 0 fully saturated rings. The van der Waals surface area contributed by atoms with Gasteiger partial charge in [-0.2, -0.15) is 0 Å². The molecule has 0 atom stereocenters. The minimum atomic E-state index is 0.714. The Morgan fingerprint density at radius 1 is 1.50 bits per heavy atom. The zero-order valence-corrected chi connectivity index (χ0v) is 10.4. The van der Waals surface area contributed by atoms with Crippen LogP contribution in [0.2, 0.25) is 0 Å². The Morgan fingerprint density at radius 2 is 2.31 bits per heavy atom. The first-order chi connectivity index (χ1) is 7.77. The molecule has 0 aliphatic rings. The Hall–Kier alpha value is -1.60. The zero-order valence-electron chi connectivity index (χ0n) is 9.57. The first kappa shape index (κ1) is 12.5. The van der Waals surface area contributed by atoms with Gasteiger partial charge in [0, 0.05) is 18.0 Å². The Balaban J connectivity index is 3.39. The summed E-state index contributed by atoms with van der Waals surface area (Å²) in [5, 5.41) is 2.96. The highest BCUT2D eigenvalue weighted by atomic mass is 32.2. The van der Waals surface area contributed by atoms with E-state index < -0.39 is 0 Å². The van der Waals surface area contributed by atoms with E-state index in [1.807, 2.05) is 19.2 Å². The lowest BCUT2D eigenvalue weighted by molar-refractivity contribution is 0.413. The normalized spacial score (nSPS) is 8.69. The summed E-state index contributed by atoms with van der Waals surface area (Å²) in [6, 6.07) is 1.89. The second-order valence-electron chi connectivity index (χ2n) is 3.00. The van der Waals surface area contributed by atoms with Crippen LogP contribution in [0, 0.1) is 18.1 Å². The minimum absolute atomic E-state index is 0.714. The van der Waals surface area contributed by atoms with Crippen molar-refractivity contribution < 1.29 is 4.74 Å². The molecule has 0 unspecified atom stereocenters. The fourth-order valence-electron chi connectivity index (χ4n) is 1.04. The summed E-state index contributed by atoms with van der Waals surface area (Å²) in [6.45, 7) is 1.97. The van der Waals surface area contributed by atoms with Crippen LogP contribution in [0.1, 0.15) is 11.1 Å². The number of aryl methyl sites for hydroxylation is 1. The number of thioether (sulfide) groups is 1. The number of aromatic nitrogens is 2. The fourth-order valence-corrected chi connectivity index (χ4v) is 1.25. The summed E-state index contributed by atoms with van der Waals surface area (Å²) in [5.74, 6) is 3.78. The van der Waals surface area contributed by atoms with Gasteiger partial charge in [0.15, 0.2) is 0 Å². The number of ether oxygens (including phenoxy) is 1. The molecule has 0 saturated carbocycles. The van der Waals surface area contributed by atoms with Crippen LogP contribution in [0.3, 0.4) is 0 Å². The van der Waals surface area contributed by atoms with Crippen LogP contribution in [0.4, 0.5) is 0 Å². The number of hydrogen-bond donors (Lipinski definition) is 1. The molecule has 0 amide bonds. The van der Waals surface area contributed by atoms with Crippen LogP contribution < -0.4 is 4.74 Å². The van der Waals surface area contributed by atoms with Crippen molar-refractivity contribution in [1.82, 2.24) is 9.97 Å². The van der Waals surface area contributed by atoms with Gasteiger partial charge >= 0.3 is 0 Å². The van der Waals surface area contributed by atoms with Crippen molar-refractivity contribution >= 4 is 11.8 Å². The molecule has 1 heterocycles. The molecule has 4 heteroatoms. The second kappa shape index (κ2) is 6.81. The van der Waals surface area contributed by atoms with Gasteiger partial charge in [0.25, 0.3) is 0 Å². The number of hydrogen-bond acceptors (Lipinski definition) is 3. The molecule has 84 valence electrons. The summed E-state index contributed by atoms with van der Waals surface area (Å²) >= 11 is 1.48. The van der Waals surface area contributed by atoms with Gasteiger partial charge in [-0.05, 0) is 30.1 Å². The Labute approximate surface area is 100.0 Å². The van der Waals surface area contributed by atoms with Crippen molar-refractivity contribution in [3.63, 3.8) is 0 Å². The van der Waals surface area contributed by atoms with Crippen LogP contribution in [-0.2, 0) is 0 Å². The van der Waals surface area contributed by atoms with Gasteiger partial charge in [-0.25, -0.2) is 4.98 Å². The number of nitrogens with one attached hydrogen (secondary N) is 1. The molecule has 0 aliphatic carbocycles. The van der Waals surface area contributed by atoms with Crippen LogP contribution in [-0.4, -0.2) is 23.3 Å². The number of aromatic amines is 1. The number of methoxy groups -OCH3 is 1. The van der Waals surface area contributed by atoms with E-state index in [2.05, 4.69) is 21.1 Å². The number of rotatable bonds is 1. The van der Waals surface area contributed by atoms with E-state index >= 15 is 0 Å². The molecule has 0 aromatic carbocycles. The van der Waals surface area contributed by atoms with Gasteiger partial charge in [0.2, 0.25) is 0 Å². The van der Waals surface area contributed by atoms with E-state index in [1.165, 1.54) is 11.8 Å². The third-order valence-corrected chi connectivity index (χ3v) is 2.18. The molecular weight excluding hydrogens is 220 g/mol. The largest absolute Gasteiger partial charge is 0.495 e. The average molecular weight is 234 g/mol. The van der Waals surface area contributed by atoms with Gasteiger partial charge < -0.3 is 9.72 Å². The predicted molar refractivity (Wildman–Crippen MR) is 67.9 cm³/mol. The lowest BCUT2D eigenvalue weighted by atomic mass is 10.2. The van der Waals surface area contributed by atoms with Crippen molar-refractivity contribution in [2.75, 3.05) is 13.4 Å². The van der Waals surface area contributed by atoms with Crippen molar-refractivity contribution in [2.45, 2.75) is 6.92 Å². The van der Waals surface area contributed by atoms with Crippen LogP contribution in [0.5, 0.6) is 5.75 Å². The predicted octanol–water partition coefficient (Wildman–Crippen LogP) is 2.52. The van der Waals surface area contributed by atoms with Crippen LogP contribution in [0.15, 0.2) is 24.8 Å². The fraction of sp³-hybridized carbons (Fsp3) is 0.250. The number of nitrogens with zero attached hydrogens (tertiary/aromatic N) is 1. The van der Waals surface area contributed by atoms with E-state index in [-0.39, 0.29) is 0 Å². The van der Waals surface area contributed by atoms with Crippen molar-refractivity contribution in [2.24, 2.45) is 0 Å². The van der Waals surface area contributed by atoms with Crippen LogP contribution in [0.25, 0.3) is 0 Å². The standard InChI is InChI=1S/C12H14N2OS/c1-10-7-13-9-14-8-12(15-2)6-11(10)4-5-16-3/h6-9H,1-3H3,(H,13,14). The third-order valence-electron chi connectivity index (χ3n) is 1.88. The smallest absolute Gasteiger partial charge is 0.136 e. The molecule has 1 rings (SSSR count). The summed E-state index contributed by atoms with van der Waals surface area (Å²) in [5.41, 5.74) is 1.91. The monoisotopic (exact) mass is 234 g/mol. The first-order valence-corrected chi connectivity index (χ1v) is 5.95. The Kier molecular flexibility index (Phi) is 5.30. The highest BCUT2D eigenvalue weighted by Crippen LogP contribution is 2.10. The Bertz CT molecular complexity index is 456. The van der Waals surface area contributed by atoms with Gasteiger partial charge in [-0.3, -0.25) is 0 Å². The van der Waals surface area contributed by atoms with Gasteiger partial charge in [-0.1, -0.05) is 17.7 Å². The quantitative estimate of drug-likeness (QED) is 0.759. The van der Waals surface area contributed by atoms with E-state index in [4.69, 9.17) is 4.74 Å². The lowest BCUT2D eigenvalue weighted by Crippen LogP contribution is -1.83. The van der Waals surface area contributed by atoms with Crippen molar-refractivity contribution in [1.29, 1.82) is 0 Å². The molecule has 0 aliphatic heterocycles. The molecule has 16 heavy (non-hydrogen) atoms. The van der Waals surface area contributed by atoms with Gasteiger partial charge in [0.05, 0.1) is 13.4 Å². The maximum atomic E-state index is 5.20. The van der Waals surface area contributed by atoms with Gasteiger partial charge in [-0.15, -0.1) is 0 Å². The number of H-pyrrole nitrogens is 1. The molecule has 0 radical (unpaired) electrons. The van der Waals surface area contributed by atoms with E-state index in [9.17, 15) is 0 Å². The van der Waals surface area contributed by atoms with Gasteiger partial charge in [0.1, 0.15) is 5.75 Å². The summed E-state index contributed by atoms with van der Waals surface area (Å²) < 4.78 is 5.20. The van der Waals surface area contributed by atoms with Crippen LogP contribution >= 0.6 is 11.8 Å². The SMILES string of the molecule is COc1c[nH]cncc(C)c(C#CSC)c1. The summed E-state index contributed by atoms with van der Waals surface area (Å²) in [6.07, 6.45) is 7.03. The Morgan fingerprint density at radius 3 is 3.00 bits per heavy atom. The molecule has 1 aromatic heterocycles. The van der Waals surface area contributed by atoms with E-state index in [1.54, 1.807) is 25.8 Å². The average Bonchev–Trinajstić information content (AvgIpc) is 2.38.